The molecule has 0 fully saturated rings. The number of nitrogens with one attached hydrogen (secondary N) is 1. The Morgan fingerprint density at radius 3 is 2.41 bits per heavy atom. The fourth-order valence-electron chi connectivity index (χ4n) is 5.01. The molecule has 0 aromatic heterocycles. The molecule has 1 aliphatic heterocycles. The minimum absolute atomic E-state index is 0.0206. The van der Waals surface area contributed by atoms with Crippen molar-refractivity contribution in [3.05, 3.63) is 77.4 Å². The van der Waals surface area contributed by atoms with Crippen LogP contribution >= 0.6 is 0 Å². The van der Waals surface area contributed by atoms with E-state index < -0.39 is 16.9 Å². The Hall–Kier alpha value is -2.59. The van der Waals surface area contributed by atoms with Gasteiger partial charge in [0.15, 0.2) is 0 Å². The summed E-state index contributed by atoms with van der Waals surface area (Å²) in [7, 11) is 1.65. The van der Waals surface area contributed by atoms with Gasteiger partial charge >= 0.3 is 5.97 Å². The lowest BCUT2D eigenvalue weighted by Crippen LogP contribution is -2.58. The maximum absolute atomic E-state index is 12.8. The molecule has 2 aromatic rings. The van der Waals surface area contributed by atoms with Gasteiger partial charge in [0.1, 0.15) is 5.41 Å². The largest absolute Gasteiger partial charge is 0.481 e. The normalized spacial score (nSPS) is 25.2. The average molecular weight is 363 g/mol. The number of carbonyl (C=O) groups is 1. The summed E-state index contributed by atoms with van der Waals surface area (Å²) < 4.78 is 5.21. The van der Waals surface area contributed by atoms with Crippen molar-refractivity contribution in [2.24, 2.45) is 5.41 Å². The Bertz CT molecular complexity index is 879. The number of carboxylic acid groups (broad SMARTS) is 1. The summed E-state index contributed by atoms with van der Waals surface area (Å²) in [6.07, 6.45) is 5.02. The molecule has 2 aromatic carbocycles. The van der Waals surface area contributed by atoms with E-state index in [0.717, 1.165) is 22.4 Å². The van der Waals surface area contributed by atoms with Crippen LogP contribution in [0.2, 0.25) is 0 Å². The van der Waals surface area contributed by atoms with Gasteiger partial charge in [-0.05, 0) is 35.6 Å². The molecular weight excluding hydrogens is 338 g/mol. The van der Waals surface area contributed by atoms with Gasteiger partial charge in [0.25, 0.3) is 0 Å². The highest BCUT2D eigenvalue weighted by Gasteiger charge is 2.62. The van der Waals surface area contributed by atoms with Crippen LogP contribution in [-0.4, -0.2) is 30.3 Å². The van der Waals surface area contributed by atoms with Crippen LogP contribution in [0.15, 0.2) is 60.7 Å². The topological polar surface area (TPSA) is 58.6 Å². The quantitative estimate of drug-likeness (QED) is 0.788. The van der Waals surface area contributed by atoms with E-state index in [2.05, 4.69) is 30.4 Å². The molecule has 140 valence electrons. The van der Waals surface area contributed by atoms with Crippen LogP contribution in [0.3, 0.4) is 0 Å². The van der Waals surface area contributed by atoms with Crippen LogP contribution in [0, 0.1) is 5.41 Å². The van der Waals surface area contributed by atoms with Gasteiger partial charge in [0, 0.05) is 18.7 Å². The lowest BCUT2D eigenvalue weighted by atomic mass is 9.61. The van der Waals surface area contributed by atoms with Gasteiger partial charge in [-0.1, -0.05) is 61.5 Å². The van der Waals surface area contributed by atoms with Crippen molar-refractivity contribution in [2.45, 2.75) is 31.2 Å². The van der Waals surface area contributed by atoms with E-state index in [-0.39, 0.29) is 5.92 Å². The van der Waals surface area contributed by atoms with Gasteiger partial charge in [-0.15, -0.1) is 0 Å². The molecule has 1 heterocycles. The molecule has 0 saturated heterocycles. The zero-order chi connectivity index (χ0) is 19.1. The number of benzene rings is 2. The molecule has 1 aliphatic carbocycles. The molecule has 2 N–H and O–H groups in total. The molecule has 2 aliphatic rings. The first-order valence-corrected chi connectivity index (χ1v) is 9.38. The van der Waals surface area contributed by atoms with E-state index in [1.165, 1.54) is 0 Å². The van der Waals surface area contributed by atoms with Crippen LogP contribution in [0.25, 0.3) is 0 Å². The lowest BCUT2D eigenvalue weighted by molar-refractivity contribution is -0.151. The van der Waals surface area contributed by atoms with Gasteiger partial charge in [0.05, 0.1) is 12.1 Å². The van der Waals surface area contributed by atoms with Crippen molar-refractivity contribution < 1.29 is 14.6 Å². The van der Waals surface area contributed by atoms with Gasteiger partial charge in [-0.2, -0.15) is 0 Å². The Morgan fingerprint density at radius 2 is 1.81 bits per heavy atom. The Kier molecular flexibility index (Phi) is 4.31. The number of hydrogen-bond acceptors (Lipinski definition) is 3. The molecule has 0 bridgehead atoms. The van der Waals surface area contributed by atoms with Crippen molar-refractivity contribution >= 4 is 11.7 Å². The highest BCUT2D eigenvalue weighted by Crippen LogP contribution is 2.57. The van der Waals surface area contributed by atoms with Gasteiger partial charge in [-0.3, -0.25) is 4.79 Å². The summed E-state index contributed by atoms with van der Waals surface area (Å²) in [6, 6.07) is 16.2. The minimum atomic E-state index is -0.959. The van der Waals surface area contributed by atoms with Crippen molar-refractivity contribution in [3.8, 4) is 0 Å². The Labute approximate surface area is 159 Å². The molecule has 27 heavy (non-hydrogen) atoms. The predicted molar refractivity (Wildman–Crippen MR) is 106 cm³/mol. The molecule has 4 heteroatoms. The van der Waals surface area contributed by atoms with Crippen LogP contribution in [-0.2, 0) is 22.4 Å². The van der Waals surface area contributed by atoms with Crippen molar-refractivity contribution in [1.82, 2.24) is 0 Å². The fraction of sp³-hybridized carbons (Fsp3) is 0.348. The fourth-order valence-corrected chi connectivity index (χ4v) is 5.01. The van der Waals surface area contributed by atoms with E-state index in [4.69, 9.17) is 4.74 Å². The number of fused-ring (bicyclic) bond motifs is 2. The van der Waals surface area contributed by atoms with E-state index in [1.54, 1.807) is 7.11 Å². The summed E-state index contributed by atoms with van der Waals surface area (Å²) in [6.45, 7) is 2.58. The number of ether oxygens (including phenoxy) is 1. The zero-order valence-corrected chi connectivity index (χ0v) is 15.7. The molecular formula is C23H25NO3. The maximum atomic E-state index is 12.8. The van der Waals surface area contributed by atoms with Gasteiger partial charge in [-0.25, -0.2) is 0 Å². The highest BCUT2D eigenvalue weighted by atomic mass is 16.5. The van der Waals surface area contributed by atoms with Crippen LogP contribution < -0.4 is 5.32 Å². The first-order chi connectivity index (χ1) is 13.0. The smallest absolute Gasteiger partial charge is 0.313 e. The third-order valence-electron chi connectivity index (χ3n) is 6.40. The van der Waals surface area contributed by atoms with Crippen molar-refractivity contribution in [2.75, 3.05) is 19.0 Å². The number of rotatable bonds is 5. The van der Waals surface area contributed by atoms with Crippen LogP contribution in [0.5, 0.6) is 0 Å². The molecule has 2 atom stereocenters. The lowest BCUT2D eigenvalue weighted by Gasteiger charge is -2.45. The zero-order valence-electron chi connectivity index (χ0n) is 15.7. The van der Waals surface area contributed by atoms with E-state index in [1.807, 2.05) is 42.5 Å². The second-order valence-electron chi connectivity index (χ2n) is 7.67. The highest BCUT2D eigenvalue weighted by molar-refractivity contribution is 5.83. The molecule has 4 rings (SSSR count). The van der Waals surface area contributed by atoms with E-state index >= 15 is 0 Å². The van der Waals surface area contributed by atoms with Gasteiger partial charge < -0.3 is 15.2 Å². The second-order valence-corrected chi connectivity index (χ2v) is 7.67. The third-order valence-corrected chi connectivity index (χ3v) is 6.40. The minimum Gasteiger partial charge on any atom is -0.481 e. The molecule has 0 amide bonds. The first-order valence-electron chi connectivity index (χ1n) is 9.38. The number of carboxylic acids is 1. The average Bonchev–Trinajstić information content (AvgIpc) is 3.20. The predicted octanol–water partition coefficient (Wildman–Crippen LogP) is 4.03. The maximum Gasteiger partial charge on any atom is 0.313 e. The standard InChI is InChI=1S/C23H25NO3/c1-16-19-10-5-6-11-20(19)24-23(16,12-7-13-27-2)22(21(25)26)14-17-8-3-4-9-18(17)15-22/h3-12,16,24H,13-15H2,1-2H3,(H,25,26). The molecule has 4 nitrogen and oxygen atoms in total. The molecule has 0 radical (unpaired) electrons. The number of methoxy groups -OCH3 is 1. The summed E-state index contributed by atoms with van der Waals surface area (Å²) in [5, 5.41) is 14.1. The summed E-state index contributed by atoms with van der Waals surface area (Å²) in [4.78, 5) is 12.8. The number of anilines is 1. The van der Waals surface area contributed by atoms with Crippen LogP contribution in [0.1, 0.15) is 29.5 Å². The second kappa shape index (κ2) is 6.54. The molecule has 2 unspecified atom stereocenters. The first kappa shape index (κ1) is 17.8. The molecule has 0 spiro atoms. The van der Waals surface area contributed by atoms with Crippen molar-refractivity contribution in [1.29, 1.82) is 0 Å². The Balaban J connectivity index is 1.88. The van der Waals surface area contributed by atoms with Crippen molar-refractivity contribution in [3.63, 3.8) is 0 Å². The van der Waals surface area contributed by atoms with Crippen LogP contribution in [0.4, 0.5) is 5.69 Å². The SMILES string of the molecule is COCC=CC1(C2(C(=O)O)Cc3ccccc3C2)Nc2ccccc2C1C. The third kappa shape index (κ3) is 2.51. The summed E-state index contributed by atoms with van der Waals surface area (Å²) >= 11 is 0. The Morgan fingerprint density at radius 1 is 1.19 bits per heavy atom. The van der Waals surface area contributed by atoms with E-state index in [9.17, 15) is 9.90 Å². The molecule has 0 saturated carbocycles. The number of hydrogen-bond donors (Lipinski definition) is 2. The number of para-hydroxylation sites is 1. The van der Waals surface area contributed by atoms with Gasteiger partial charge in [0.2, 0.25) is 0 Å². The monoisotopic (exact) mass is 363 g/mol. The number of aliphatic carboxylic acids is 1. The summed E-state index contributed by atoms with van der Waals surface area (Å²) in [5.74, 6) is -0.736. The van der Waals surface area contributed by atoms with E-state index in [0.29, 0.717) is 19.4 Å². The summed E-state index contributed by atoms with van der Waals surface area (Å²) in [5.41, 5.74) is 2.76.